The molecule has 9 heavy (non-hydrogen) atoms. The Hall–Kier alpha value is -0.930. The molecule has 0 aromatic rings. The van der Waals surface area contributed by atoms with Crippen molar-refractivity contribution in [1.29, 1.82) is 5.41 Å². The summed E-state index contributed by atoms with van der Waals surface area (Å²) in [6.45, 7) is 1.94. The maximum absolute atomic E-state index is 9.79. The summed E-state index contributed by atoms with van der Waals surface area (Å²) in [4.78, 5) is 9.14. The average molecular weight is 130 g/mol. The molecular weight excluding hydrogens is 120 g/mol. The summed E-state index contributed by atoms with van der Waals surface area (Å²) < 4.78 is 0. The molecule has 0 saturated carbocycles. The fourth-order valence-electron chi connectivity index (χ4n) is 0.436. The molecule has 0 rings (SSSR count). The molecule has 0 aliphatic carbocycles. The number of nitro groups is 1. The van der Waals surface area contributed by atoms with Crippen molar-refractivity contribution in [3.05, 3.63) is 10.1 Å². The van der Waals surface area contributed by atoms with Gasteiger partial charge in [0, 0.05) is 0 Å². The SMILES string of the molecule is CCCCC(=N)[N+](=O)[O-]. The summed E-state index contributed by atoms with van der Waals surface area (Å²) in [5, 5.41) is 16.5. The van der Waals surface area contributed by atoms with Gasteiger partial charge in [0.25, 0.3) is 0 Å². The first-order valence-electron chi connectivity index (χ1n) is 2.90. The summed E-state index contributed by atoms with van der Waals surface area (Å²) in [7, 11) is 0. The molecule has 0 saturated heterocycles. The van der Waals surface area contributed by atoms with E-state index in [2.05, 4.69) is 0 Å². The van der Waals surface area contributed by atoms with E-state index in [4.69, 9.17) is 5.41 Å². The molecule has 0 bridgehead atoms. The van der Waals surface area contributed by atoms with Crippen molar-refractivity contribution in [2.24, 2.45) is 0 Å². The van der Waals surface area contributed by atoms with Crippen molar-refractivity contribution in [3.8, 4) is 0 Å². The van der Waals surface area contributed by atoms with Crippen LogP contribution in [0.2, 0.25) is 0 Å². The van der Waals surface area contributed by atoms with Crippen LogP contribution in [0, 0.1) is 15.5 Å². The van der Waals surface area contributed by atoms with Crippen molar-refractivity contribution in [3.63, 3.8) is 0 Å². The lowest BCUT2D eigenvalue weighted by atomic mass is 10.2. The highest BCUT2D eigenvalue weighted by Crippen LogP contribution is 1.94. The van der Waals surface area contributed by atoms with E-state index in [0.717, 1.165) is 12.8 Å². The highest BCUT2D eigenvalue weighted by molar-refractivity contribution is 5.70. The zero-order valence-electron chi connectivity index (χ0n) is 5.39. The number of rotatable bonds is 3. The van der Waals surface area contributed by atoms with Crippen LogP contribution in [0.3, 0.4) is 0 Å². The highest BCUT2D eigenvalue weighted by Gasteiger charge is 2.04. The number of hydrogen-bond donors (Lipinski definition) is 1. The van der Waals surface area contributed by atoms with Gasteiger partial charge in [0.2, 0.25) is 0 Å². The van der Waals surface area contributed by atoms with Crippen molar-refractivity contribution in [2.75, 3.05) is 0 Å². The maximum Gasteiger partial charge on any atom is 0.330 e. The van der Waals surface area contributed by atoms with Crippen LogP contribution in [-0.4, -0.2) is 10.8 Å². The molecule has 4 nitrogen and oxygen atoms in total. The van der Waals surface area contributed by atoms with E-state index < -0.39 is 4.92 Å². The second-order valence-electron chi connectivity index (χ2n) is 1.81. The first kappa shape index (κ1) is 8.07. The van der Waals surface area contributed by atoms with E-state index in [0.29, 0.717) is 6.42 Å². The van der Waals surface area contributed by atoms with Crippen molar-refractivity contribution in [1.82, 2.24) is 0 Å². The molecular formula is C5H10N2O2. The standard InChI is InChI=1S/C5H10N2O2/c1-2-3-4-5(6)7(8)9/h6H,2-4H2,1H3. The molecule has 0 unspecified atom stereocenters. The molecule has 52 valence electrons. The summed E-state index contributed by atoms with van der Waals surface area (Å²) in [5.74, 6) is -0.378. The number of nitrogens with one attached hydrogen (secondary N) is 1. The smallest absolute Gasteiger partial charge is 0.330 e. The number of unbranched alkanes of at least 4 members (excludes halogenated alkanes) is 1. The Morgan fingerprint density at radius 3 is 2.67 bits per heavy atom. The molecule has 0 fully saturated rings. The maximum atomic E-state index is 9.79. The summed E-state index contributed by atoms with van der Waals surface area (Å²) in [6.07, 6.45) is 1.93. The lowest BCUT2D eigenvalue weighted by Gasteiger charge is -1.92. The Balaban J connectivity index is 3.39. The van der Waals surface area contributed by atoms with Gasteiger partial charge in [-0.1, -0.05) is 13.3 Å². The Morgan fingerprint density at radius 2 is 2.33 bits per heavy atom. The molecule has 0 atom stereocenters. The van der Waals surface area contributed by atoms with E-state index in [1.807, 2.05) is 6.92 Å². The molecule has 0 spiro atoms. The Morgan fingerprint density at radius 1 is 1.78 bits per heavy atom. The number of hydrogen-bond acceptors (Lipinski definition) is 3. The predicted octanol–water partition coefficient (Wildman–Crippen LogP) is 1.43. The third-order valence-corrected chi connectivity index (χ3v) is 0.988. The normalized spacial score (nSPS) is 9.00. The quantitative estimate of drug-likeness (QED) is 0.272. The lowest BCUT2D eigenvalue weighted by molar-refractivity contribution is -0.354. The molecule has 0 aliphatic heterocycles. The fourth-order valence-corrected chi connectivity index (χ4v) is 0.436. The molecule has 0 aromatic carbocycles. The van der Waals surface area contributed by atoms with Crippen molar-refractivity contribution >= 4 is 5.84 Å². The van der Waals surface area contributed by atoms with E-state index >= 15 is 0 Å². The van der Waals surface area contributed by atoms with Crippen LogP contribution in [0.4, 0.5) is 0 Å². The van der Waals surface area contributed by atoms with Crippen LogP contribution in [0.1, 0.15) is 26.2 Å². The molecule has 4 heteroatoms. The number of amidine groups is 1. The second kappa shape index (κ2) is 4.00. The summed E-state index contributed by atoms with van der Waals surface area (Å²) in [6, 6.07) is 0. The second-order valence-corrected chi connectivity index (χ2v) is 1.81. The number of nitrogens with zero attached hydrogens (tertiary/aromatic N) is 1. The van der Waals surface area contributed by atoms with Gasteiger partial charge >= 0.3 is 5.84 Å². The minimum absolute atomic E-state index is 0.295. The first-order chi connectivity index (χ1) is 4.18. The topological polar surface area (TPSA) is 67.0 Å². The van der Waals surface area contributed by atoms with Crippen LogP contribution in [0.15, 0.2) is 0 Å². The van der Waals surface area contributed by atoms with Crippen LogP contribution >= 0.6 is 0 Å². The van der Waals surface area contributed by atoms with Gasteiger partial charge in [0.1, 0.15) is 0 Å². The Kier molecular flexibility index (Phi) is 3.59. The molecule has 0 heterocycles. The zero-order chi connectivity index (χ0) is 7.28. The monoisotopic (exact) mass is 130 g/mol. The Bertz CT molecular complexity index is 122. The van der Waals surface area contributed by atoms with Crippen LogP contribution in [0.25, 0.3) is 0 Å². The molecule has 0 aliphatic rings. The van der Waals surface area contributed by atoms with Crippen molar-refractivity contribution in [2.45, 2.75) is 26.2 Å². The van der Waals surface area contributed by atoms with Crippen LogP contribution in [0.5, 0.6) is 0 Å². The van der Waals surface area contributed by atoms with E-state index in [9.17, 15) is 10.1 Å². The molecule has 1 N–H and O–H groups in total. The summed E-state index contributed by atoms with van der Waals surface area (Å²) in [5.41, 5.74) is 0. The minimum atomic E-state index is -0.643. The molecule has 0 aromatic heterocycles. The zero-order valence-corrected chi connectivity index (χ0v) is 5.39. The average Bonchev–Trinajstić information content (AvgIpc) is 1.82. The largest absolute Gasteiger partial charge is 0.358 e. The minimum Gasteiger partial charge on any atom is -0.358 e. The van der Waals surface area contributed by atoms with Gasteiger partial charge in [-0.05, 0) is 11.3 Å². The van der Waals surface area contributed by atoms with Crippen molar-refractivity contribution < 1.29 is 4.92 Å². The third-order valence-electron chi connectivity index (χ3n) is 0.988. The van der Waals surface area contributed by atoms with Gasteiger partial charge in [0.15, 0.2) is 0 Å². The van der Waals surface area contributed by atoms with E-state index in [1.54, 1.807) is 0 Å². The van der Waals surface area contributed by atoms with E-state index in [1.165, 1.54) is 0 Å². The highest BCUT2D eigenvalue weighted by atomic mass is 16.6. The van der Waals surface area contributed by atoms with Gasteiger partial charge in [-0.2, -0.15) is 0 Å². The van der Waals surface area contributed by atoms with Gasteiger partial charge in [0.05, 0.1) is 6.42 Å². The molecule has 0 radical (unpaired) electrons. The lowest BCUT2D eigenvalue weighted by Crippen LogP contribution is -2.08. The van der Waals surface area contributed by atoms with Gasteiger partial charge in [-0.25, -0.2) is 0 Å². The Labute approximate surface area is 53.5 Å². The van der Waals surface area contributed by atoms with Gasteiger partial charge in [-0.3, -0.25) is 0 Å². The van der Waals surface area contributed by atoms with Crippen LogP contribution in [-0.2, 0) is 0 Å². The van der Waals surface area contributed by atoms with Gasteiger partial charge in [-0.15, -0.1) is 5.41 Å². The van der Waals surface area contributed by atoms with Gasteiger partial charge < -0.3 is 10.1 Å². The van der Waals surface area contributed by atoms with E-state index in [-0.39, 0.29) is 5.84 Å². The predicted molar refractivity (Wildman–Crippen MR) is 34.2 cm³/mol. The molecule has 0 amide bonds. The summed E-state index contributed by atoms with van der Waals surface area (Å²) >= 11 is 0. The fraction of sp³-hybridized carbons (Fsp3) is 0.800. The third kappa shape index (κ3) is 3.64. The van der Waals surface area contributed by atoms with Crippen LogP contribution < -0.4 is 0 Å². The first-order valence-corrected chi connectivity index (χ1v) is 2.90.